The second-order valence-corrected chi connectivity index (χ2v) is 10.7. The van der Waals surface area contributed by atoms with Gasteiger partial charge in [-0.3, -0.25) is 0 Å². The molecule has 7 aromatic rings. The maximum absolute atomic E-state index is 2.45. The van der Waals surface area contributed by atoms with Crippen molar-refractivity contribution in [3.05, 3.63) is 133 Å². The molecule has 0 aliphatic heterocycles. The maximum Gasteiger partial charge on any atom is 0.0548 e. The van der Waals surface area contributed by atoms with E-state index in [0.29, 0.717) is 0 Å². The third-order valence-corrected chi connectivity index (χ3v) is 8.34. The van der Waals surface area contributed by atoms with E-state index in [1.807, 2.05) is 0 Å². The Morgan fingerprint density at radius 2 is 1.27 bits per heavy atom. The van der Waals surface area contributed by atoms with Crippen LogP contribution in [0, 0.1) is 0 Å². The van der Waals surface area contributed by atoms with E-state index in [1.165, 1.54) is 66.3 Å². The quantitative estimate of drug-likeness (QED) is 0.236. The van der Waals surface area contributed by atoms with Gasteiger partial charge in [0.25, 0.3) is 0 Å². The Bertz CT molecular complexity index is 2000. The van der Waals surface area contributed by atoms with Gasteiger partial charge in [0.1, 0.15) is 0 Å². The SMILES string of the molecule is CC1(C)c2ccccc2-c2ccc(-n3c4ccccc4c4cc5c(ccn5-c5ccccc5)cc43)cc21. The Morgan fingerprint density at radius 3 is 2.16 bits per heavy atom. The first-order chi connectivity index (χ1) is 18.1. The molecule has 37 heavy (non-hydrogen) atoms. The lowest BCUT2D eigenvalue weighted by atomic mass is 9.82. The molecule has 0 N–H and O–H groups in total. The van der Waals surface area contributed by atoms with Crippen LogP contribution in [0.25, 0.3) is 55.2 Å². The molecule has 1 aliphatic rings. The molecule has 0 radical (unpaired) electrons. The van der Waals surface area contributed by atoms with Gasteiger partial charge in [-0.1, -0.05) is 80.6 Å². The van der Waals surface area contributed by atoms with Crippen molar-refractivity contribution in [2.75, 3.05) is 0 Å². The number of aromatic nitrogens is 2. The molecule has 0 fully saturated rings. The van der Waals surface area contributed by atoms with E-state index >= 15 is 0 Å². The van der Waals surface area contributed by atoms with Gasteiger partial charge in [0.2, 0.25) is 0 Å². The zero-order chi connectivity index (χ0) is 24.7. The van der Waals surface area contributed by atoms with E-state index in [4.69, 9.17) is 0 Å². The monoisotopic (exact) mass is 474 g/mol. The van der Waals surface area contributed by atoms with E-state index in [2.05, 4.69) is 144 Å². The summed E-state index contributed by atoms with van der Waals surface area (Å²) >= 11 is 0. The minimum atomic E-state index is -0.0269. The summed E-state index contributed by atoms with van der Waals surface area (Å²) in [6, 6.07) is 42.2. The van der Waals surface area contributed by atoms with Crippen molar-refractivity contribution >= 4 is 32.7 Å². The number of hydrogen-bond donors (Lipinski definition) is 0. The van der Waals surface area contributed by atoms with Crippen LogP contribution in [0.15, 0.2) is 121 Å². The van der Waals surface area contributed by atoms with Crippen molar-refractivity contribution in [3.63, 3.8) is 0 Å². The first kappa shape index (κ1) is 20.6. The van der Waals surface area contributed by atoms with Gasteiger partial charge in [-0.25, -0.2) is 0 Å². The molecule has 0 amide bonds. The second kappa shape index (κ2) is 7.24. The van der Waals surface area contributed by atoms with Gasteiger partial charge in [0.15, 0.2) is 0 Å². The van der Waals surface area contributed by atoms with Gasteiger partial charge >= 0.3 is 0 Å². The molecule has 8 rings (SSSR count). The van der Waals surface area contributed by atoms with Crippen LogP contribution in [0.5, 0.6) is 0 Å². The van der Waals surface area contributed by atoms with Crippen LogP contribution in [0.1, 0.15) is 25.0 Å². The Morgan fingerprint density at radius 1 is 0.514 bits per heavy atom. The smallest absolute Gasteiger partial charge is 0.0548 e. The van der Waals surface area contributed by atoms with Gasteiger partial charge in [-0.15, -0.1) is 0 Å². The van der Waals surface area contributed by atoms with Crippen LogP contribution < -0.4 is 0 Å². The van der Waals surface area contributed by atoms with Gasteiger partial charge < -0.3 is 9.13 Å². The number of nitrogens with zero attached hydrogens (tertiary/aromatic N) is 2. The fourth-order valence-electron chi connectivity index (χ4n) is 6.52. The summed E-state index contributed by atoms with van der Waals surface area (Å²) in [5.74, 6) is 0. The van der Waals surface area contributed by atoms with Crippen molar-refractivity contribution in [2.45, 2.75) is 19.3 Å². The van der Waals surface area contributed by atoms with Gasteiger partial charge in [0, 0.05) is 39.1 Å². The summed E-state index contributed by atoms with van der Waals surface area (Å²) in [5, 5.41) is 3.81. The lowest BCUT2D eigenvalue weighted by Gasteiger charge is -2.22. The molecule has 2 heterocycles. The molecule has 5 aromatic carbocycles. The molecule has 1 aliphatic carbocycles. The highest BCUT2D eigenvalue weighted by atomic mass is 15.0. The van der Waals surface area contributed by atoms with Crippen LogP contribution >= 0.6 is 0 Å². The van der Waals surface area contributed by atoms with E-state index in [0.717, 1.165) is 0 Å². The molecule has 2 heteroatoms. The number of benzene rings is 5. The predicted molar refractivity (Wildman–Crippen MR) is 155 cm³/mol. The molecule has 0 bridgehead atoms. The number of para-hydroxylation sites is 2. The zero-order valence-corrected chi connectivity index (χ0v) is 20.9. The predicted octanol–water partition coefficient (Wildman–Crippen LogP) is 9.03. The van der Waals surface area contributed by atoms with E-state index in [9.17, 15) is 0 Å². The van der Waals surface area contributed by atoms with Crippen molar-refractivity contribution < 1.29 is 0 Å². The molecular weight excluding hydrogens is 448 g/mol. The van der Waals surface area contributed by atoms with E-state index in [1.54, 1.807) is 0 Å². The second-order valence-electron chi connectivity index (χ2n) is 10.7. The normalized spacial score (nSPS) is 13.9. The summed E-state index contributed by atoms with van der Waals surface area (Å²) in [6.07, 6.45) is 2.18. The minimum Gasteiger partial charge on any atom is -0.317 e. The van der Waals surface area contributed by atoms with Crippen LogP contribution in [-0.2, 0) is 5.41 Å². The number of fused-ring (bicyclic) bond motifs is 7. The summed E-state index contributed by atoms with van der Waals surface area (Å²) in [7, 11) is 0. The molecule has 2 nitrogen and oxygen atoms in total. The standard InChI is InChI=1S/C35H26N2/c1-35(2)30-14-8-6-12-26(30)27-17-16-25(21-31(27)35)37-32-15-9-7-13-28(32)29-22-33-23(20-34(29)37)18-19-36(33)24-10-4-3-5-11-24/h3-22H,1-2H3. The van der Waals surface area contributed by atoms with Crippen molar-refractivity contribution in [1.82, 2.24) is 9.13 Å². The number of rotatable bonds is 2. The molecule has 176 valence electrons. The Kier molecular flexibility index (Phi) is 4.03. The van der Waals surface area contributed by atoms with Crippen LogP contribution in [-0.4, -0.2) is 9.13 Å². The number of hydrogen-bond acceptors (Lipinski definition) is 0. The van der Waals surface area contributed by atoms with Gasteiger partial charge in [-0.2, -0.15) is 0 Å². The highest BCUT2D eigenvalue weighted by Crippen LogP contribution is 2.49. The largest absolute Gasteiger partial charge is 0.317 e. The summed E-state index contributed by atoms with van der Waals surface area (Å²) in [5.41, 5.74) is 11.6. The highest BCUT2D eigenvalue weighted by molar-refractivity contribution is 6.13. The van der Waals surface area contributed by atoms with Crippen LogP contribution in [0.4, 0.5) is 0 Å². The molecule has 0 atom stereocenters. The van der Waals surface area contributed by atoms with Gasteiger partial charge in [-0.05, 0) is 70.8 Å². The van der Waals surface area contributed by atoms with Crippen molar-refractivity contribution in [3.8, 4) is 22.5 Å². The maximum atomic E-state index is 2.45. The van der Waals surface area contributed by atoms with Crippen molar-refractivity contribution in [1.29, 1.82) is 0 Å². The average molecular weight is 475 g/mol. The van der Waals surface area contributed by atoms with Crippen molar-refractivity contribution in [2.24, 2.45) is 0 Å². The first-order valence-electron chi connectivity index (χ1n) is 13.0. The Balaban J connectivity index is 1.41. The average Bonchev–Trinajstić information content (AvgIpc) is 3.57. The lowest BCUT2D eigenvalue weighted by Crippen LogP contribution is -2.15. The fraction of sp³-hybridized carbons (Fsp3) is 0.0857. The van der Waals surface area contributed by atoms with Crippen LogP contribution in [0.3, 0.4) is 0 Å². The Labute approximate surface area is 216 Å². The van der Waals surface area contributed by atoms with Crippen LogP contribution in [0.2, 0.25) is 0 Å². The first-order valence-corrected chi connectivity index (χ1v) is 13.0. The highest BCUT2D eigenvalue weighted by Gasteiger charge is 2.35. The third-order valence-electron chi connectivity index (χ3n) is 8.34. The summed E-state index contributed by atoms with van der Waals surface area (Å²) < 4.78 is 4.74. The topological polar surface area (TPSA) is 9.86 Å². The summed E-state index contributed by atoms with van der Waals surface area (Å²) in [6.45, 7) is 4.70. The molecule has 0 unspecified atom stereocenters. The third kappa shape index (κ3) is 2.76. The molecule has 0 spiro atoms. The molecule has 0 saturated heterocycles. The zero-order valence-electron chi connectivity index (χ0n) is 20.9. The fourth-order valence-corrected chi connectivity index (χ4v) is 6.52. The van der Waals surface area contributed by atoms with E-state index < -0.39 is 0 Å². The van der Waals surface area contributed by atoms with E-state index in [-0.39, 0.29) is 5.41 Å². The molecular formula is C35H26N2. The lowest BCUT2D eigenvalue weighted by molar-refractivity contribution is 0.660. The Hall–Kier alpha value is -4.56. The molecule has 0 saturated carbocycles. The molecule has 2 aromatic heterocycles. The van der Waals surface area contributed by atoms with Gasteiger partial charge in [0.05, 0.1) is 16.6 Å². The summed E-state index contributed by atoms with van der Waals surface area (Å²) in [4.78, 5) is 0. The minimum absolute atomic E-state index is 0.0269.